The van der Waals surface area contributed by atoms with Gasteiger partial charge < -0.3 is 0 Å². The van der Waals surface area contributed by atoms with Crippen molar-refractivity contribution in [1.82, 2.24) is 9.97 Å². The third-order valence-electron chi connectivity index (χ3n) is 3.11. The van der Waals surface area contributed by atoms with Crippen LogP contribution in [0.2, 0.25) is 0 Å². The second kappa shape index (κ2) is 3.83. The average molecular weight is 264 g/mol. The molecule has 0 bridgehead atoms. The molecule has 0 saturated carbocycles. The lowest BCUT2D eigenvalue weighted by molar-refractivity contribution is 1.36. The molecule has 4 rings (SSSR count). The molecule has 0 amide bonds. The molecule has 0 atom stereocenters. The summed E-state index contributed by atoms with van der Waals surface area (Å²) in [6, 6.07) is 13.2. The van der Waals surface area contributed by atoms with Crippen LogP contribution in [0.4, 0.5) is 0 Å². The summed E-state index contributed by atoms with van der Waals surface area (Å²) in [7, 11) is 0. The lowest BCUT2D eigenvalue weighted by atomic mass is 10.1. The number of para-hydroxylation sites is 1. The quantitative estimate of drug-likeness (QED) is 0.361. The second-order valence-electron chi connectivity index (χ2n) is 4.30. The van der Waals surface area contributed by atoms with Crippen LogP contribution in [0.5, 0.6) is 0 Å². The van der Waals surface area contributed by atoms with Gasteiger partial charge >= 0.3 is 0 Å². The highest BCUT2D eigenvalue weighted by Gasteiger charge is 2.14. The average Bonchev–Trinajstić information content (AvgIpc) is 2.46. The zero-order valence-corrected chi connectivity index (χ0v) is 10.6. The van der Waals surface area contributed by atoms with E-state index in [0.717, 1.165) is 20.8 Å². The number of pyridine rings is 1. The van der Waals surface area contributed by atoms with Crippen molar-refractivity contribution in [3.05, 3.63) is 58.9 Å². The lowest BCUT2D eigenvalue weighted by Crippen LogP contribution is -2.03. The molecule has 0 unspecified atom stereocenters. The monoisotopic (exact) mass is 264 g/mol. The van der Waals surface area contributed by atoms with Crippen LogP contribution in [0.3, 0.4) is 0 Å². The number of nitrogens with zero attached hydrogens (tertiary/aromatic N) is 2. The Morgan fingerprint density at radius 3 is 2.89 bits per heavy atom. The van der Waals surface area contributed by atoms with Gasteiger partial charge in [-0.1, -0.05) is 12.1 Å². The van der Waals surface area contributed by atoms with Gasteiger partial charge in [0.05, 0.1) is 15.1 Å². The molecular weight excluding hydrogens is 256 g/mol. The minimum Gasteiger partial charge on any atom is -0.289 e. The van der Waals surface area contributed by atoms with E-state index in [4.69, 9.17) is 0 Å². The van der Waals surface area contributed by atoms with Crippen LogP contribution in [0.1, 0.15) is 0 Å². The maximum atomic E-state index is 12.1. The minimum absolute atomic E-state index is 0.00364. The van der Waals surface area contributed by atoms with Gasteiger partial charge in [0.25, 0.3) is 0 Å². The van der Waals surface area contributed by atoms with E-state index in [1.807, 2.05) is 24.3 Å². The molecule has 3 nitrogen and oxygen atoms in total. The number of hydrogen-bond donors (Lipinski definition) is 0. The molecule has 4 heteroatoms. The number of rotatable bonds is 0. The highest BCUT2D eigenvalue weighted by molar-refractivity contribution is 7.21. The van der Waals surface area contributed by atoms with Crippen molar-refractivity contribution in [2.45, 2.75) is 0 Å². The minimum atomic E-state index is 0.00364. The molecule has 2 aromatic rings. The first-order valence-electron chi connectivity index (χ1n) is 5.90. The van der Waals surface area contributed by atoms with Crippen molar-refractivity contribution in [3.63, 3.8) is 0 Å². The summed E-state index contributed by atoms with van der Waals surface area (Å²) in [5.41, 5.74) is 2.43. The fraction of sp³-hybridized carbons (Fsp3) is 0. The predicted molar refractivity (Wildman–Crippen MR) is 77.8 cm³/mol. The van der Waals surface area contributed by atoms with Crippen molar-refractivity contribution in [3.8, 4) is 10.6 Å². The van der Waals surface area contributed by atoms with Crippen molar-refractivity contribution in [2.24, 2.45) is 0 Å². The Morgan fingerprint density at radius 1 is 1.05 bits per heavy atom. The molecule has 0 radical (unpaired) electrons. The maximum absolute atomic E-state index is 12.1. The first kappa shape index (κ1) is 10.6. The standard InChI is InChI=1S/C15H8N2OS/c18-11-8-13-15(14-9(11)4-3-7-16-14)17-10-5-1-2-6-12(10)19-13/h1-8H. The molecular formula is C15H8N2OS. The molecule has 0 N–H and O–H groups in total. The Hall–Kier alpha value is -2.33. The second-order valence-corrected chi connectivity index (χ2v) is 5.39. The van der Waals surface area contributed by atoms with Gasteiger partial charge in [-0.05, 0) is 24.3 Å². The summed E-state index contributed by atoms with van der Waals surface area (Å²) in [4.78, 5) is 21.9. The van der Waals surface area contributed by atoms with E-state index in [1.165, 1.54) is 0 Å². The zero-order chi connectivity index (χ0) is 12.8. The molecule has 19 heavy (non-hydrogen) atoms. The van der Waals surface area contributed by atoms with E-state index in [1.54, 1.807) is 35.7 Å². The third kappa shape index (κ3) is 1.54. The largest absolute Gasteiger partial charge is 0.289 e. The summed E-state index contributed by atoms with van der Waals surface area (Å²) in [6.07, 6.45) is 1.70. The smallest absolute Gasteiger partial charge is 0.189 e. The Labute approximate surface area is 112 Å². The van der Waals surface area contributed by atoms with Crippen molar-refractivity contribution >= 4 is 32.5 Å². The Balaban J connectivity index is 2.30. The van der Waals surface area contributed by atoms with Gasteiger partial charge in [0.15, 0.2) is 5.43 Å². The number of fused-ring (bicyclic) bond motifs is 4. The summed E-state index contributed by atoms with van der Waals surface area (Å²) < 4.78 is 1.07. The highest BCUT2D eigenvalue weighted by Crippen LogP contribution is 2.32. The summed E-state index contributed by atoms with van der Waals surface area (Å²) >= 11 is 1.58. The van der Waals surface area contributed by atoms with Crippen LogP contribution in [0.15, 0.2) is 53.5 Å². The molecule has 90 valence electrons. The van der Waals surface area contributed by atoms with Crippen LogP contribution in [-0.2, 0) is 0 Å². The van der Waals surface area contributed by atoms with Crippen molar-refractivity contribution < 1.29 is 0 Å². The Kier molecular flexibility index (Phi) is 2.13. The summed E-state index contributed by atoms with van der Waals surface area (Å²) in [5, 5.41) is 0.630. The number of aromatic nitrogens is 2. The van der Waals surface area contributed by atoms with Gasteiger partial charge in [-0.3, -0.25) is 9.78 Å². The van der Waals surface area contributed by atoms with Gasteiger partial charge in [0.2, 0.25) is 0 Å². The fourth-order valence-corrected chi connectivity index (χ4v) is 3.24. The molecule has 0 spiro atoms. The third-order valence-corrected chi connectivity index (χ3v) is 4.21. The van der Waals surface area contributed by atoms with Crippen LogP contribution < -0.4 is 5.43 Å². The Bertz CT molecular complexity index is 945. The van der Waals surface area contributed by atoms with Crippen molar-refractivity contribution in [2.75, 3.05) is 0 Å². The molecule has 0 saturated heterocycles. The SMILES string of the molecule is O=c1cc2sc3ccccc3nc-2c2ncccc12. The van der Waals surface area contributed by atoms with Gasteiger partial charge in [-0.15, -0.1) is 11.3 Å². The molecule has 0 fully saturated rings. The Morgan fingerprint density at radius 2 is 1.95 bits per heavy atom. The van der Waals surface area contributed by atoms with E-state index in [2.05, 4.69) is 9.97 Å². The molecule has 2 aliphatic rings. The topological polar surface area (TPSA) is 42.9 Å². The van der Waals surface area contributed by atoms with Gasteiger partial charge in [-0.2, -0.15) is 0 Å². The zero-order valence-electron chi connectivity index (χ0n) is 9.83. The number of benzene rings is 2. The first-order valence-corrected chi connectivity index (χ1v) is 6.72. The van der Waals surface area contributed by atoms with Crippen LogP contribution >= 0.6 is 11.3 Å². The fourth-order valence-electron chi connectivity index (χ4n) is 2.24. The van der Waals surface area contributed by atoms with Gasteiger partial charge in [-0.25, -0.2) is 4.98 Å². The molecule has 1 aliphatic carbocycles. The van der Waals surface area contributed by atoms with Gasteiger partial charge in [0.1, 0.15) is 11.2 Å². The molecule has 1 aromatic carbocycles. The molecule has 1 aromatic heterocycles. The predicted octanol–water partition coefficient (Wildman–Crippen LogP) is 3.31. The lowest BCUT2D eigenvalue weighted by Gasteiger charge is -2.08. The summed E-state index contributed by atoms with van der Waals surface area (Å²) in [6.45, 7) is 0. The maximum Gasteiger partial charge on any atom is 0.189 e. The van der Waals surface area contributed by atoms with Crippen LogP contribution in [0, 0.1) is 0 Å². The normalized spacial score (nSPS) is 11.4. The number of hydrogen-bond acceptors (Lipinski definition) is 4. The molecule has 1 aliphatic heterocycles. The van der Waals surface area contributed by atoms with E-state index in [-0.39, 0.29) is 5.43 Å². The van der Waals surface area contributed by atoms with E-state index in [9.17, 15) is 4.79 Å². The molecule has 2 heterocycles. The van der Waals surface area contributed by atoms with Crippen LogP contribution in [0.25, 0.3) is 31.7 Å². The van der Waals surface area contributed by atoms with E-state index >= 15 is 0 Å². The van der Waals surface area contributed by atoms with E-state index in [0.29, 0.717) is 10.9 Å². The van der Waals surface area contributed by atoms with E-state index < -0.39 is 0 Å². The van der Waals surface area contributed by atoms with Gasteiger partial charge in [0, 0.05) is 17.6 Å². The summed E-state index contributed by atoms with van der Waals surface area (Å²) in [5.74, 6) is 0. The first-order chi connectivity index (χ1) is 9.33. The van der Waals surface area contributed by atoms with Crippen molar-refractivity contribution in [1.29, 1.82) is 0 Å². The van der Waals surface area contributed by atoms with Crippen LogP contribution in [-0.4, -0.2) is 9.97 Å². The highest BCUT2D eigenvalue weighted by atomic mass is 32.1.